The molecule has 0 atom stereocenters. The van der Waals surface area contributed by atoms with Gasteiger partial charge in [0.25, 0.3) is 0 Å². The lowest BCUT2D eigenvalue weighted by atomic mass is 10.2. The fraction of sp³-hybridized carbons (Fsp3) is 0.562. The molecule has 1 aliphatic rings. The van der Waals surface area contributed by atoms with E-state index in [1.54, 1.807) is 12.0 Å². The maximum atomic E-state index is 13.0. The molecule has 0 radical (unpaired) electrons. The highest BCUT2D eigenvalue weighted by atomic mass is 35.5. The number of nitrogens with zero attached hydrogens (tertiary/aromatic N) is 2. The fourth-order valence-corrected chi connectivity index (χ4v) is 2.76. The van der Waals surface area contributed by atoms with Gasteiger partial charge in [-0.15, -0.1) is 0 Å². The number of anilines is 1. The van der Waals surface area contributed by atoms with Gasteiger partial charge in [-0.05, 0) is 37.6 Å². The number of unbranched alkanes of at least 4 members (excludes halogenated alkanes) is 1. The molecule has 1 aromatic carbocycles. The molecule has 5 nitrogen and oxygen atoms in total. The predicted molar refractivity (Wildman–Crippen MR) is 89.6 cm³/mol. The smallest absolute Gasteiger partial charge is 0.321 e. The van der Waals surface area contributed by atoms with Crippen LogP contribution in [0.1, 0.15) is 12.8 Å². The van der Waals surface area contributed by atoms with Crippen LogP contribution in [0.3, 0.4) is 0 Å². The molecule has 0 bridgehead atoms. The summed E-state index contributed by atoms with van der Waals surface area (Å²) in [5.41, 5.74) is 0.431. The van der Waals surface area contributed by atoms with Crippen molar-refractivity contribution < 1.29 is 13.9 Å². The van der Waals surface area contributed by atoms with Gasteiger partial charge >= 0.3 is 6.03 Å². The number of amides is 2. The molecular weight excluding hydrogens is 321 g/mol. The summed E-state index contributed by atoms with van der Waals surface area (Å²) in [7, 11) is 1.71. The van der Waals surface area contributed by atoms with Gasteiger partial charge < -0.3 is 15.0 Å². The Labute approximate surface area is 141 Å². The normalized spacial score (nSPS) is 15.7. The maximum absolute atomic E-state index is 13.0. The van der Waals surface area contributed by atoms with E-state index in [-0.39, 0.29) is 11.1 Å². The Hall–Kier alpha value is -1.37. The number of carbonyl (C=O) groups is 1. The third-order valence-electron chi connectivity index (χ3n) is 3.91. The van der Waals surface area contributed by atoms with E-state index in [2.05, 4.69) is 10.2 Å². The van der Waals surface area contributed by atoms with Crippen LogP contribution in [0.15, 0.2) is 18.2 Å². The highest BCUT2D eigenvalue weighted by Crippen LogP contribution is 2.22. The SMILES string of the molecule is COCCCCN1CCN(C(=O)Nc2ccc(F)cc2Cl)CC1. The van der Waals surface area contributed by atoms with Crippen molar-refractivity contribution in [1.29, 1.82) is 0 Å². The molecule has 0 unspecified atom stereocenters. The van der Waals surface area contributed by atoms with E-state index >= 15 is 0 Å². The molecule has 1 heterocycles. The van der Waals surface area contributed by atoms with Crippen LogP contribution in [-0.4, -0.2) is 62.3 Å². The second-order valence-electron chi connectivity index (χ2n) is 5.58. The Bertz CT molecular complexity index is 522. The van der Waals surface area contributed by atoms with Gasteiger partial charge in [-0.25, -0.2) is 9.18 Å². The monoisotopic (exact) mass is 343 g/mol. The molecule has 1 saturated heterocycles. The molecule has 1 aliphatic heterocycles. The van der Waals surface area contributed by atoms with E-state index < -0.39 is 5.82 Å². The lowest BCUT2D eigenvalue weighted by Gasteiger charge is -2.34. The average molecular weight is 344 g/mol. The summed E-state index contributed by atoms with van der Waals surface area (Å²) in [5, 5.41) is 2.94. The van der Waals surface area contributed by atoms with Crippen LogP contribution in [0.25, 0.3) is 0 Å². The van der Waals surface area contributed by atoms with Gasteiger partial charge in [0.05, 0.1) is 10.7 Å². The molecule has 1 aromatic rings. The third-order valence-corrected chi connectivity index (χ3v) is 4.22. The Morgan fingerprint density at radius 3 is 2.70 bits per heavy atom. The van der Waals surface area contributed by atoms with Crippen molar-refractivity contribution in [2.24, 2.45) is 0 Å². The van der Waals surface area contributed by atoms with Crippen molar-refractivity contribution in [2.75, 3.05) is 51.8 Å². The first-order valence-electron chi connectivity index (χ1n) is 7.82. The van der Waals surface area contributed by atoms with E-state index in [1.807, 2.05) is 0 Å². The molecule has 128 valence electrons. The molecule has 7 heteroatoms. The quantitative estimate of drug-likeness (QED) is 0.807. The van der Waals surface area contributed by atoms with Crippen molar-refractivity contribution in [3.63, 3.8) is 0 Å². The van der Waals surface area contributed by atoms with E-state index in [9.17, 15) is 9.18 Å². The Morgan fingerprint density at radius 1 is 1.30 bits per heavy atom. The number of piperazine rings is 1. The minimum Gasteiger partial charge on any atom is -0.385 e. The standard InChI is InChI=1S/C16H23ClFN3O2/c1-23-11-3-2-6-20-7-9-21(10-8-20)16(22)19-15-5-4-13(18)12-14(15)17/h4-5,12H,2-3,6-11H2,1H3,(H,19,22). The van der Waals surface area contributed by atoms with E-state index in [4.69, 9.17) is 16.3 Å². The van der Waals surface area contributed by atoms with Crippen LogP contribution in [0.2, 0.25) is 5.02 Å². The summed E-state index contributed by atoms with van der Waals surface area (Å²) in [5.74, 6) is -0.421. The van der Waals surface area contributed by atoms with Crippen LogP contribution in [0.4, 0.5) is 14.9 Å². The van der Waals surface area contributed by atoms with Crippen LogP contribution in [0, 0.1) is 5.82 Å². The molecule has 0 spiro atoms. The van der Waals surface area contributed by atoms with Gasteiger partial charge in [0.1, 0.15) is 5.82 Å². The van der Waals surface area contributed by atoms with Crippen molar-refractivity contribution >= 4 is 23.3 Å². The highest BCUT2D eigenvalue weighted by Gasteiger charge is 2.21. The molecule has 2 rings (SSSR count). The Kier molecular flexibility index (Phi) is 7.08. The Morgan fingerprint density at radius 2 is 2.04 bits per heavy atom. The number of nitrogens with one attached hydrogen (secondary N) is 1. The summed E-state index contributed by atoms with van der Waals surface area (Å²) in [4.78, 5) is 16.3. The first-order valence-corrected chi connectivity index (χ1v) is 8.20. The molecule has 1 N–H and O–H groups in total. The summed E-state index contributed by atoms with van der Waals surface area (Å²) in [6.45, 7) is 4.89. The van der Waals surface area contributed by atoms with Gasteiger partial charge in [-0.1, -0.05) is 11.6 Å². The number of carbonyl (C=O) groups excluding carboxylic acids is 1. The van der Waals surface area contributed by atoms with Gasteiger partial charge in [0.15, 0.2) is 0 Å². The lowest BCUT2D eigenvalue weighted by molar-refractivity contribution is 0.140. The van der Waals surface area contributed by atoms with Crippen molar-refractivity contribution in [3.8, 4) is 0 Å². The molecule has 0 saturated carbocycles. The van der Waals surface area contributed by atoms with Gasteiger partial charge in [0, 0.05) is 39.9 Å². The minimum atomic E-state index is -0.421. The van der Waals surface area contributed by atoms with E-state index in [1.165, 1.54) is 18.2 Å². The summed E-state index contributed by atoms with van der Waals surface area (Å²) in [6.07, 6.45) is 2.16. The molecule has 2 amide bonds. The maximum Gasteiger partial charge on any atom is 0.321 e. The fourth-order valence-electron chi connectivity index (χ4n) is 2.54. The number of urea groups is 1. The highest BCUT2D eigenvalue weighted by molar-refractivity contribution is 6.33. The zero-order chi connectivity index (χ0) is 16.7. The second kappa shape index (κ2) is 9.05. The zero-order valence-corrected chi connectivity index (χ0v) is 14.1. The molecule has 0 aromatic heterocycles. The second-order valence-corrected chi connectivity index (χ2v) is 5.99. The number of halogens is 2. The van der Waals surface area contributed by atoms with Crippen LogP contribution in [0.5, 0.6) is 0 Å². The zero-order valence-electron chi connectivity index (χ0n) is 13.4. The minimum absolute atomic E-state index is 0.197. The van der Waals surface area contributed by atoms with Gasteiger partial charge in [-0.3, -0.25) is 4.90 Å². The topological polar surface area (TPSA) is 44.8 Å². The largest absolute Gasteiger partial charge is 0.385 e. The number of benzene rings is 1. The predicted octanol–water partition coefficient (Wildman–Crippen LogP) is 3.06. The number of hydrogen-bond acceptors (Lipinski definition) is 3. The number of hydrogen-bond donors (Lipinski definition) is 1. The summed E-state index contributed by atoms with van der Waals surface area (Å²) < 4.78 is 18.1. The van der Waals surface area contributed by atoms with E-state index in [0.717, 1.165) is 39.1 Å². The van der Waals surface area contributed by atoms with Crippen LogP contribution in [-0.2, 0) is 4.74 Å². The lowest BCUT2D eigenvalue weighted by Crippen LogP contribution is -2.50. The number of methoxy groups -OCH3 is 1. The van der Waals surface area contributed by atoms with Crippen LogP contribution >= 0.6 is 11.6 Å². The van der Waals surface area contributed by atoms with Crippen molar-refractivity contribution in [1.82, 2.24) is 9.80 Å². The average Bonchev–Trinajstić information content (AvgIpc) is 2.55. The summed E-state index contributed by atoms with van der Waals surface area (Å²) >= 11 is 5.93. The van der Waals surface area contributed by atoms with Crippen molar-refractivity contribution in [2.45, 2.75) is 12.8 Å². The number of ether oxygens (including phenoxy) is 1. The van der Waals surface area contributed by atoms with Gasteiger partial charge in [-0.2, -0.15) is 0 Å². The van der Waals surface area contributed by atoms with Gasteiger partial charge in [0.2, 0.25) is 0 Å². The van der Waals surface area contributed by atoms with Crippen molar-refractivity contribution in [3.05, 3.63) is 29.0 Å². The molecule has 23 heavy (non-hydrogen) atoms. The first kappa shape index (κ1) is 18.0. The molecular formula is C16H23ClFN3O2. The molecule has 1 fully saturated rings. The first-order chi connectivity index (χ1) is 11.1. The Balaban J connectivity index is 1.75. The van der Waals surface area contributed by atoms with E-state index in [0.29, 0.717) is 18.8 Å². The van der Waals surface area contributed by atoms with Crippen LogP contribution < -0.4 is 5.32 Å². The molecule has 0 aliphatic carbocycles. The third kappa shape index (κ3) is 5.64. The summed E-state index contributed by atoms with van der Waals surface area (Å²) in [6, 6.07) is 3.74. The number of rotatable bonds is 6.